The number of likely N-dealkylation sites (tertiary alicyclic amines) is 1. The summed E-state index contributed by atoms with van der Waals surface area (Å²) in [6.07, 6.45) is 8.22. The first-order valence-electron chi connectivity index (χ1n) is 8.07. The average molecular weight is 266 g/mol. The van der Waals surface area contributed by atoms with Crippen LogP contribution in [0.4, 0.5) is 0 Å². The molecule has 1 aliphatic carbocycles. The van der Waals surface area contributed by atoms with Crippen LogP contribution < -0.4 is 5.32 Å². The van der Waals surface area contributed by atoms with Crippen LogP contribution in [-0.4, -0.2) is 37.0 Å². The molecule has 1 heterocycles. The van der Waals surface area contributed by atoms with Crippen LogP contribution >= 0.6 is 0 Å². The van der Waals surface area contributed by atoms with Gasteiger partial charge in [-0.3, -0.25) is 4.79 Å². The number of hydrogen-bond donors (Lipinski definition) is 1. The van der Waals surface area contributed by atoms with E-state index in [9.17, 15) is 4.79 Å². The molecule has 110 valence electrons. The minimum Gasteiger partial charge on any atom is -0.342 e. The molecular formula is C16H30N2O. The molecule has 1 N–H and O–H groups in total. The first-order valence-corrected chi connectivity index (χ1v) is 8.07. The van der Waals surface area contributed by atoms with E-state index in [-0.39, 0.29) is 5.41 Å². The number of nitrogens with zero attached hydrogens (tertiary/aromatic N) is 1. The minimum absolute atomic E-state index is 0.0664. The second-order valence-electron chi connectivity index (χ2n) is 6.72. The van der Waals surface area contributed by atoms with Crippen molar-refractivity contribution >= 4 is 5.91 Å². The Hall–Kier alpha value is -0.570. The Morgan fingerprint density at radius 1 is 1.32 bits per heavy atom. The highest BCUT2D eigenvalue weighted by molar-refractivity contribution is 5.82. The van der Waals surface area contributed by atoms with E-state index in [0.29, 0.717) is 17.9 Å². The van der Waals surface area contributed by atoms with Gasteiger partial charge in [-0.25, -0.2) is 0 Å². The molecule has 1 amide bonds. The van der Waals surface area contributed by atoms with Gasteiger partial charge in [0.15, 0.2) is 0 Å². The van der Waals surface area contributed by atoms with E-state index in [0.717, 1.165) is 38.8 Å². The lowest BCUT2D eigenvalue weighted by Gasteiger charge is -2.43. The van der Waals surface area contributed by atoms with Crippen LogP contribution in [0.25, 0.3) is 0 Å². The second-order valence-corrected chi connectivity index (χ2v) is 6.72. The molecule has 2 atom stereocenters. The van der Waals surface area contributed by atoms with Gasteiger partial charge in [0.1, 0.15) is 0 Å². The third-order valence-electron chi connectivity index (χ3n) is 5.39. The fourth-order valence-corrected chi connectivity index (χ4v) is 3.94. The van der Waals surface area contributed by atoms with Crippen molar-refractivity contribution in [3.63, 3.8) is 0 Å². The summed E-state index contributed by atoms with van der Waals surface area (Å²) >= 11 is 0. The predicted molar refractivity (Wildman–Crippen MR) is 79.0 cm³/mol. The summed E-state index contributed by atoms with van der Waals surface area (Å²) in [5, 5.41) is 3.42. The van der Waals surface area contributed by atoms with Crippen LogP contribution in [-0.2, 0) is 4.79 Å². The number of nitrogens with one attached hydrogen (secondary N) is 1. The number of carbonyl (C=O) groups is 1. The summed E-state index contributed by atoms with van der Waals surface area (Å²) in [4.78, 5) is 15.0. The van der Waals surface area contributed by atoms with Crippen molar-refractivity contribution in [2.75, 3.05) is 20.1 Å². The Labute approximate surface area is 118 Å². The largest absolute Gasteiger partial charge is 0.342 e. The van der Waals surface area contributed by atoms with Crippen molar-refractivity contribution in [3.8, 4) is 0 Å². The molecule has 1 aliphatic heterocycles. The summed E-state index contributed by atoms with van der Waals surface area (Å²) in [6.45, 7) is 6.33. The molecule has 0 bridgehead atoms. The summed E-state index contributed by atoms with van der Waals surface area (Å²) in [5.41, 5.74) is -0.0664. The topological polar surface area (TPSA) is 32.3 Å². The van der Waals surface area contributed by atoms with E-state index < -0.39 is 0 Å². The Bertz CT molecular complexity index is 310. The van der Waals surface area contributed by atoms with Gasteiger partial charge in [-0.05, 0) is 32.2 Å². The smallest absolute Gasteiger partial charge is 0.228 e. The fraction of sp³-hybridized carbons (Fsp3) is 0.938. The van der Waals surface area contributed by atoms with Crippen molar-refractivity contribution in [2.24, 2.45) is 11.3 Å². The highest BCUT2D eigenvalue weighted by atomic mass is 16.2. The van der Waals surface area contributed by atoms with Crippen molar-refractivity contribution in [3.05, 3.63) is 0 Å². The fourth-order valence-electron chi connectivity index (χ4n) is 3.94. The molecule has 3 nitrogen and oxygen atoms in total. The lowest BCUT2D eigenvalue weighted by Crippen LogP contribution is -2.53. The zero-order valence-corrected chi connectivity index (χ0v) is 12.9. The molecule has 0 radical (unpaired) electrons. The zero-order chi connectivity index (χ0) is 13.9. The van der Waals surface area contributed by atoms with Crippen molar-refractivity contribution in [1.82, 2.24) is 10.2 Å². The molecule has 2 rings (SSSR count). The van der Waals surface area contributed by atoms with Crippen LogP contribution in [0, 0.1) is 11.3 Å². The van der Waals surface area contributed by atoms with Gasteiger partial charge in [0.05, 0.1) is 0 Å². The van der Waals surface area contributed by atoms with E-state index in [4.69, 9.17) is 0 Å². The van der Waals surface area contributed by atoms with Crippen LogP contribution in [0.1, 0.15) is 58.8 Å². The number of hydrogen-bond acceptors (Lipinski definition) is 2. The quantitative estimate of drug-likeness (QED) is 0.852. The predicted octanol–water partition coefficient (Wildman–Crippen LogP) is 2.80. The Morgan fingerprint density at radius 2 is 2.00 bits per heavy atom. The molecular weight excluding hydrogens is 236 g/mol. The van der Waals surface area contributed by atoms with E-state index in [2.05, 4.69) is 24.1 Å². The Kier molecular flexibility index (Phi) is 4.88. The van der Waals surface area contributed by atoms with Crippen LogP contribution in [0.3, 0.4) is 0 Å². The number of carbonyl (C=O) groups excluding carboxylic acids is 1. The molecule has 0 aromatic heterocycles. The Morgan fingerprint density at radius 3 is 2.58 bits per heavy atom. The molecule has 1 saturated carbocycles. The van der Waals surface area contributed by atoms with Crippen molar-refractivity contribution in [1.29, 1.82) is 0 Å². The average Bonchev–Trinajstić information content (AvgIpc) is 2.46. The standard InChI is InChI=1S/C16H30N2O/c1-4-13-12-18(11-8-14(13)17-3)15(19)16(2)9-6-5-7-10-16/h13-14,17H,4-12H2,1-3H3. The van der Waals surface area contributed by atoms with Gasteiger partial charge in [-0.2, -0.15) is 0 Å². The van der Waals surface area contributed by atoms with Gasteiger partial charge >= 0.3 is 0 Å². The van der Waals surface area contributed by atoms with Gasteiger partial charge in [0.2, 0.25) is 5.91 Å². The molecule has 3 heteroatoms. The number of rotatable bonds is 3. The lowest BCUT2D eigenvalue weighted by molar-refractivity contribution is -0.145. The molecule has 2 unspecified atom stereocenters. The maximum atomic E-state index is 12.8. The number of piperidine rings is 1. The maximum absolute atomic E-state index is 12.8. The summed E-state index contributed by atoms with van der Waals surface area (Å²) in [5.74, 6) is 1.05. The van der Waals surface area contributed by atoms with Crippen LogP contribution in [0.2, 0.25) is 0 Å². The highest BCUT2D eigenvalue weighted by Gasteiger charge is 2.40. The van der Waals surface area contributed by atoms with Gasteiger partial charge < -0.3 is 10.2 Å². The van der Waals surface area contributed by atoms with E-state index >= 15 is 0 Å². The molecule has 2 fully saturated rings. The number of amides is 1. The maximum Gasteiger partial charge on any atom is 0.228 e. The van der Waals surface area contributed by atoms with Gasteiger partial charge in [0, 0.05) is 24.5 Å². The SMILES string of the molecule is CCC1CN(C(=O)C2(C)CCCCC2)CCC1NC. The van der Waals surface area contributed by atoms with Crippen LogP contribution in [0.5, 0.6) is 0 Å². The van der Waals surface area contributed by atoms with E-state index in [1.54, 1.807) is 0 Å². The highest BCUT2D eigenvalue weighted by Crippen LogP contribution is 2.38. The molecule has 2 aliphatic rings. The summed E-state index contributed by atoms with van der Waals surface area (Å²) in [7, 11) is 2.05. The van der Waals surface area contributed by atoms with Crippen molar-refractivity contribution in [2.45, 2.75) is 64.8 Å². The lowest BCUT2D eigenvalue weighted by atomic mass is 9.74. The van der Waals surface area contributed by atoms with Gasteiger partial charge in [0.25, 0.3) is 0 Å². The first kappa shape index (κ1) is 14.8. The van der Waals surface area contributed by atoms with Crippen LogP contribution in [0.15, 0.2) is 0 Å². The normalized spacial score (nSPS) is 31.2. The first-order chi connectivity index (χ1) is 9.10. The third-order valence-corrected chi connectivity index (χ3v) is 5.39. The molecule has 0 aromatic carbocycles. The minimum atomic E-state index is -0.0664. The molecule has 19 heavy (non-hydrogen) atoms. The van der Waals surface area contributed by atoms with Crippen molar-refractivity contribution < 1.29 is 4.79 Å². The third kappa shape index (κ3) is 3.13. The summed E-state index contributed by atoms with van der Waals surface area (Å²) in [6, 6.07) is 0.591. The van der Waals surface area contributed by atoms with E-state index in [1.165, 1.54) is 19.3 Å². The Balaban J connectivity index is 2.00. The van der Waals surface area contributed by atoms with E-state index in [1.807, 2.05) is 7.05 Å². The second kappa shape index (κ2) is 6.25. The summed E-state index contributed by atoms with van der Waals surface area (Å²) < 4.78 is 0. The molecule has 1 saturated heterocycles. The molecule has 0 aromatic rings. The molecule has 0 spiro atoms. The van der Waals surface area contributed by atoms with Gasteiger partial charge in [-0.1, -0.05) is 39.5 Å². The van der Waals surface area contributed by atoms with Gasteiger partial charge in [-0.15, -0.1) is 0 Å². The monoisotopic (exact) mass is 266 g/mol. The zero-order valence-electron chi connectivity index (χ0n) is 12.9.